The fourth-order valence-corrected chi connectivity index (χ4v) is 2.36. The Morgan fingerprint density at radius 2 is 2.15 bits per heavy atom. The largest absolute Gasteiger partial charge is 0.478 e. The van der Waals surface area contributed by atoms with Gasteiger partial charge in [0.25, 0.3) is 0 Å². The van der Waals surface area contributed by atoms with E-state index in [2.05, 4.69) is 15.9 Å². The van der Waals surface area contributed by atoms with Crippen molar-refractivity contribution in [3.05, 3.63) is 28.2 Å². The van der Waals surface area contributed by atoms with Crippen molar-refractivity contribution >= 4 is 21.9 Å². The van der Waals surface area contributed by atoms with Gasteiger partial charge >= 0.3 is 5.97 Å². The van der Waals surface area contributed by atoms with E-state index in [0.29, 0.717) is 25.3 Å². The van der Waals surface area contributed by atoms with Gasteiger partial charge in [-0.3, -0.25) is 0 Å². The van der Waals surface area contributed by atoms with Crippen molar-refractivity contribution in [2.24, 2.45) is 5.73 Å². The second-order valence-corrected chi connectivity index (χ2v) is 5.31. The number of hydrogen-bond acceptors (Lipinski definition) is 4. The molecular weight excluding hydrogens is 322 g/mol. The Labute approximate surface area is 128 Å². The predicted octanol–water partition coefficient (Wildman–Crippen LogP) is 3.06. The molecule has 0 saturated carbocycles. The molecule has 5 heteroatoms. The van der Waals surface area contributed by atoms with Gasteiger partial charge in [-0.25, -0.2) is 4.79 Å². The van der Waals surface area contributed by atoms with Gasteiger partial charge in [-0.1, -0.05) is 19.4 Å². The second-order valence-electron chi connectivity index (χ2n) is 4.45. The van der Waals surface area contributed by atoms with Crippen LogP contribution in [0.5, 0.6) is 5.75 Å². The molecule has 0 radical (unpaired) electrons. The van der Waals surface area contributed by atoms with Crippen LogP contribution < -0.4 is 10.5 Å². The zero-order chi connectivity index (χ0) is 15.0. The first kappa shape index (κ1) is 17.0. The molecule has 2 N–H and O–H groups in total. The van der Waals surface area contributed by atoms with E-state index in [4.69, 9.17) is 15.2 Å². The topological polar surface area (TPSA) is 61.5 Å². The Morgan fingerprint density at radius 1 is 1.40 bits per heavy atom. The Kier molecular flexibility index (Phi) is 7.62. The molecule has 112 valence electrons. The highest BCUT2D eigenvalue weighted by Gasteiger charge is 2.21. The first-order valence-corrected chi connectivity index (χ1v) is 7.73. The van der Waals surface area contributed by atoms with Gasteiger partial charge in [0, 0.05) is 0 Å². The molecule has 1 unspecified atom stereocenters. The number of carbonyl (C=O) groups excluding carboxylic acids is 1. The molecule has 0 heterocycles. The maximum absolute atomic E-state index is 11.8. The van der Waals surface area contributed by atoms with Crippen molar-refractivity contribution in [2.45, 2.75) is 39.2 Å². The van der Waals surface area contributed by atoms with E-state index in [-0.39, 0.29) is 5.97 Å². The summed E-state index contributed by atoms with van der Waals surface area (Å²) in [6.45, 7) is 4.76. The minimum atomic E-state index is -0.559. The molecule has 0 fully saturated rings. The minimum Gasteiger partial charge on any atom is -0.478 e. The molecule has 0 bridgehead atoms. The lowest BCUT2D eigenvalue weighted by Crippen LogP contribution is -2.29. The molecule has 1 aromatic rings. The molecule has 0 aliphatic rings. The lowest BCUT2D eigenvalue weighted by atomic mass is 10.1. The number of carbonyl (C=O) groups is 1. The van der Waals surface area contributed by atoms with E-state index >= 15 is 0 Å². The van der Waals surface area contributed by atoms with Gasteiger partial charge in [-0.2, -0.15) is 0 Å². The van der Waals surface area contributed by atoms with Crippen molar-refractivity contribution in [3.63, 3.8) is 0 Å². The van der Waals surface area contributed by atoms with Crippen LogP contribution in [0.3, 0.4) is 0 Å². The third-order valence-corrected chi connectivity index (χ3v) is 3.42. The lowest BCUT2D eigenvalue weighted by Gasteiger charge is -2.18. The number of rotatable bonds is 8. The van der Waals surface area contributed by atoms with Gasteiger partial charge in [-0.05, 0) is 59.9 Å². The summed E-state index contributed by atoms with van der Waals surface area (Å²) in [5.74, 6) is 0.338. The maximum Gasteiger partial charge on any atom is 0.347 e. The van der Waals surface area contributed by atoms with Gasteiger partial charge in [0.1, 0.15) is 5.75 Å². The van der Waals surface area contributed by atoms with E-state index in [1.807, 2.05) is 25.1 Å². The molecule has 1 rings (SSSR count). The summed E-state index contributed by atoms with van der Waals surface area (Å²) in [4.78, 5) is 11.8. The van der Waals surface area contributed by atoms with E-state index in [0.717, 1.165) is 22.9 Å². The molecule has 0 spiro atoms. The summed E-state index contributed by atoms with van der Waals surface area (Å²) >= 11 is 3.47. The predicted molar refractivity (Wildman–Crippen MR) is 82.9 cm³/mol. The van der Waals surface area contributed by atoms with Gasteiger partial charge in [0.05, 0.1) is 11.1 Å². The molecule has 0 aromatic heterocycles. The number of ether oxygens (including phenoxy) is 2. The number of halogens is 1. The van der Waals surface area contributed by atoms with Crippen LogP contribution in [0.1, 0.15) is 32.3 Å². The van der Waals surface area contributed by atoms with Crippen molar-refractivity contribution in [1.82, 2.24) is 0 Å². The van der Waals surface area contributed by atoms with Crippen LogP contribution in [0.25, 0.3) is 0 Å². The lowest BCUT2D eigenvalue weighted by molar-refractivity contribution is -0.151. The Bertz CT molecular complexity index is 437. The minimum absolute atomic E-state index is 0.313. The molecular formula is C15H22BrNO3. The first-order valence-electron chi connectivity index (χ1n) is 6.94. The third kappa shape index (κ3) is 5.13. The summed E-state index contributed by atoms with van der Waals surface area (Å²) in [6, 6.07) is 5.79. The molecule has 0 aliphatic carbocycles. The molecule has 0 saturated heterocycles. The molecule has 0 aliphatic heterocycles. The van der Waals surface area contributed by atoms with E-state index < -0.39 is 6.10 Å². The van der Waals surface area contributed by atoms with Crippen LogP contribution in [0.2, 0.25) is 0 Å². The molecule has 1 atom stereocenters. The van der Waals surface area contributed by atoms with Gasteiger partial charge in [0.15, 0.2) is 6.10 Å². The SMILES string of the molecule is CCCC(Oc1ccc(CCN)cc1Br)C(=O)OCC. The van der Waals surface area contributed by atoms with Crippen LogP contribution in [0.4, 0.5) is 0 Å². The van der Waals surface area contributed by atoms with Crippen LogP contribution in [0, 0.1) is 0 Å². The highest BCUT2D eigenvalue weighted by molar-refractivity contribution is 9.10. The van der Waals surface area contributed by atoms with E-state index in [1.165, 1.54) is 0 Å². The van der Waals surface area contributed by atoms with E-state index in [1.54, 1.807) is 6.92 Å². The third-order valence-electron chi connectivity index (χ3n) is 2.80. The van der Waals surface area contributed by atoms with Gasteiger partial charge < -0.3 is 15.2 Å². The summed E-state index contributed by atoms with van der Waals surface area (Å²) in [6.07, 6.45) is 1.74. The average Bonchev–Trinajstić information content (AvgIpc) is 2.41. The van der Waals surface area contributed by atoms with Crippen molar-refractivity contribution in [1.29, 1.82) is 0 Å². The molecule has 1 aromatic carbocycles. The molecule has 20 heavy (non-hydrogen) atoms. The summed E-state index contributed by atoms with van der Waals surface area (Å²) in [7, 11) is 0. The van der Waals surface area contributed by atoms with E-state index in [9.17, 15) is 4.79 Å². The number of benzene rings is 1. The van der Waals surface area contributed by atoms with Gasteiger partial charge in [-0.15, -0.1) is 0 Å². The first-order chi connectivity index (χ1) is 9.62. The highest BCUT2D eigenvalue weighted by atomic mass is 79.9. The normalized spacial score (nSPS) is 12.0. The summed E-state index contributed by atoms with van der Waals surface area (Å²) in [5.41, 5.74) is 6.67. The van der Waals surface area contributed by atoms with Crippen molar-refractivity contribution in [2.75, 3.05) is 13.2 Å². The van der Waals surface area contributed by atoms with Crippen LogP contribution in [-0.4, -0.2) is 25.2 Å². The van der Waals surface area contributed by atoms with Crippen molar-refractivity contribution in [3.8, 4) is 5.75 Å². The zero-order valence-electron chi connectivity index (χ0n) is 12.0. The standard InChI is InChI=1S/C15H22BrNO3/c1-3-5-14(15(18)19-4-2)20-13-7-6-11(8-9-17)10-12(13)16/h6-7,10,14H,3-5,8-9,17H2,1-2H3. The fraction of sp³-hybridized carbons (Fsp3) is 0.533. The van der Waals surface area contributed by atoms with Crippen LogP contribution in [0.15, 0.2) is 22.7 Å². The highest BCUT2D eigenvalue weighted by Crippen LogP contribution is 2.28. The number of hydrogen-bond donors (Lipinski definition) is 1. The Balaban J connectivity index is 2.80. The summed E-state index contributed by atoms with van der Waals surface area (Å²) in [5, 5.41) is 0. The monoisotopic (exact) mass is 343 g/mol. The van der Waals surface area contributed by atoms with Crippen LogP contribution >= 0.6 is 15.9 Å². The molecule has 4 nitrogen and oxygen atoms in total. The maximum atomic E-state index is 11.8. The Morgan fingerprint density at radius 3 is 2.70 bits per heavy atom. The number of esters is 1. The zero-order valence-corrected chi connectivity index (χ0v) is 13.6. The van der Waals surface area contributed by atoms with Crippen molar-refractivity contribution < 1.29 is 14.3 Å². The molecule has 0 amide bonds. The van der Waals surface area contributed by atoms with Crippen LogP contribution in [-0.2, 0) is 16.0 Å². The average molecular weight is 344 g/mol. The van der Waals surface area contributed by atoms with Gasteiger partial charge in [0.2, 0.25) is 0 Å². The second kappa shape index (κ2) is 8.97. The Hall–Kier alpha value is -1.07. The smallest absolute Gasteiger partial charge is 0.347 e. The fourth-order valence-electron chi connectivity index (χ4n) is 1.84. The number of nitrogens with two attached hydrogens (primary N) is 1. The quantitative estimate of drug-likeness (QED) is 0.737. The summed E-state index contributed by atoms with van der Waals surface area (Å²) < 4.78 is 11.6.